The predicted molar refractivity (Wildman–Crippen MR) is 98.4 cm³/mol. The van der Waals surface area contributed by atoms with Gasteiger partial charge in [0.1, 0.15) is 5.03 Å². The molecule has 0 saturated heterocycles. The summed E-state index contributed by atoms with van der Waals surface area (Å²) in [6.45, 7) is 0.460. The average Bonchev–Trinajstić information content (AvgIpc) is 2.66. The van der Waals surface area contributed by atoms with Gasteiger partial charge in [0.25, 0.3) is 0 Å². The molecular weight excluding hydrogens is 375 g/mol. The molecule has 0 aliphatic rings. The summed E-state index contributed by atoms with van der Waals surface area (Å²) >= 11 is 0.971. The highest BCUT2D eigenvalue weighted by Gasteiger charge is 2.35. The van der Waals surface area contributed by atoms with E-state index in [1.807, 2.05) is 30.3 Å². The number of nitrogens with one attached hydrogen (secondary N) is 1. The van der Waals surface area contributed by atoms with Crippen molar-refractivity contribution in [1.29, 1.82) is 0 Å². The topological polar surface area (TPSA) is 54.9 Å². The average molecular weight is 391 g/mol. The van der Waals surface area contributed by atoms with Crippen molar-refractivity contribution >= 4 is 28.6 Å². The second-order valence-electron chi connectivity index (χ2n) is 5.74. The largest absolute Gasteiger partial charge is 0.451 e. The Morgan fingerprint density at radius 1 is 1.00 bits per heavy atom. The van der Waals surface area contributed by atoms with Crippen molar-refractivity contribution < 1.29 is 18.0 Å². The number of alkyl halides is 3. The number of halogens is 3. The Morgan fingerprint density at radius 2 is 1.70 bits per heavy atom. The van der Waals surface area contributed by atoms with Crippen molar-refractivity contribution in [3.8, 4) is 0 Å². The summed E-state index contributed by atoms with van der Waals surface area (Å²) in [6.07, 6.45) is -3.96. The Kier molecular flexibility index (Phi) is 5.95. The zero-order valence-electron chi connectivity index (χ0n) is 14.2. The number of nitrogens with zero attached hydrogens (tertiary/aromatic N) is 2. The Morgan fingerprint density at radius 3 is 2.44 bits per heavy atom. The van der Waals surface area contributed by atoms with Gasteiger partial charge in [-0.05, 0) is 18.1 Å². The van der Waals surface area contributed by atoms with Crippen molar-refractivity contribution in [3.63, 3.8) is 0 Å². The summed E-state index contributed by atoms with van der Waals surface area (Å²) in [5, 5.41) is 3.41. The Bertz CT molecular complexity index is 932. The second kappa shape index (κ2) is 8.39. The fourth-order valence-electron chi connectivity index (χ4n) is 2.46. The number of hydrogen-bond acceptors (Lipinski definition) is 4. The van der Waals surface area contributed by atoms with Gasteiger partial charge in [0.05, 0.1) is 11.3 Å². The lowest BCUT2D eigenvalue weighted by Gasteiger charge is -2.10. The molecule has 140 valence electrons. The molecule has 0 spiro atoms. The lowest BCUT2D eigenvalue weighted by atomic mass is 10.1. The summed E-state index contributed by atoms with van der Waals surface area (Å²) in [6, 6.07) is 16.1. The number of carbonyl (C=O) groups is 1. The zero-order valence-corrected chi connectivity index (χ0v) is 15.0. The molecule has 0 bridgehead atoms. The molecule has 1 heterocycles. The van der Waals surface area contributed by atoms with Crippen molar-refractivity contribution in [2.75, 3.05) is 12.3 Å². The molecule has 0 aliphatic carbocycles. The molecule has 0 fully saturated rings. The summed E-state index contributed by atoms with van der Waals surface area (Å²) in [5.41, 5.74) is 1.30. The van der Waals surface area contributed by atoms with Crippen LogP contribution in [0.5, 0.6) is 0 Å². The Hall–Kier alpha value is -2.61. The third-order valence-corrected chi connectivity index (χ3v) is 4.73. The van der Waals surface area contributed by atoms with E-state index in [4.69, 9.17) is 0 Å². The molecule has 0 atom stereocenters. The van der Waals surface area contributed by atoms with E-state index in [-0.39, 0.29) is 22.2 Å². The highest BCUT2D eigenvalue weighted by Crippen LogP contribution is 2.31. The number of hydrogen-bond donors (Lipinski definition) is 1. The summed E-state index contributed by atoms with van der Waals surface area (Å²) in [4.78, 5) is 19.2. The maximum absolute atomic E-state index is 13.0. The number of amides is 1. The van der Waals surface area contributed by atoms with E-state index in [9.17, 15) is 18.0 Å². The van der Waals surface area contributed by atoms with Crippen LogP contribution in [0.15, 0.2) is 59.6 Å². The van der Waals surface area contributed by atoms with Crippen LogP contribution in [0.4, 0.5) is 13.2 Å². The predicted octanol–water partition coefficient (Wildman–Crippen LogP) is 4.10. The monoisotopic (exact) mass is 391 g/mol. The van der Waals surface area contributed by atoms with E-state index >= 15 is 0 Å². The third kappa shape index (κ3) is 5.19. The number of aromatic nitrogens is 2. The third-order valence-electron chi connectivity index (χ3n) is 3.74. The van der Waals surface area contributed by atoms with Crippen LogP contribution in [-0.4, -0.2) is 28.2 Å². The first-order valence-electron chi connectivity index (χ1n) is 8.21. The van der Waals surface area contributed by atoms with Crippen LogP contribution < -0.4 is 5.32 Å². The number of benzene rings is 2. The van der Waals surface area contributed by atoms with Crippen molar-refractivity contribution in [1.82, 2.24) is 15.3 Å². The van der Waals surface area contributed by atoms with Gasteiger partial charge in [-0.25, -0.2) is 9.97 Å². The lowest BCUT2D eigenvalue weighted by Crippen LogP contribution is -2.27. The maximum Gasteiger partial charge on any atom is 0.451 e. The van der Waals surface area contributed by atoms with E-state index in [0.29, 0.717) is 18.4 Å². The van der Waals surface area contributed by atoms with Crippen molar-refractivity contribution in [3.05, 3.63) is 66.0 Å². The van der Waals surface area contributed by atoms with Gasteiger partial charge >= 0.3 is 6.18 Å². The first-order valence-corrected chi connectivity index (χ1v) is 9.19. The molecule has 4 nitrogen and oxygen atoms in total. The minimum Gasteiger partial charge on any atom is -0.355 e. The van der Waals surface area contributed by atoms with E-state index in [0.717, 1.165) is 17.3 Å². The summed E-state index contributed by atoms with van der Waals surface area (Å²) in [5.74, 6) is -1.48. The number of para-hydroxylation sites is 1. The van der Waals surface area contributed by atoms with Crippen LogP contribution in [0.25, 0.3) is 10.9 Å². The molecule has 0 unspecified atom stereocenters. The Balaban J connectivity index is 1.64. The first-order chi connectivity index (χ1) is 12.9. The van der Waals surface area contributed by atoms with Crippen LogP contribution in [0.3, 0.4) is 0 Å². The lowest BCUT2D eigenvalue weighted by molar-refractivity contribution is -0.145. The number of fused-ring (bicyclic) bond motifs is 1. The van der Waals surface area contributed by atoms with Crippen molar-refractivity contribution in [2.45, 2.75) is 17.6 Å². The molecule has 2 aromatic carbocycles. The van der Waals surface area contributed by atoms with E-state index < -0.39 is 12.0 Å². The zero-order chi connectivity index (χ0) is 19.3. The number of thioether (sulfide) groups is 1. The molecular formula is C19H16F3N3OS. The normalized spacial score (nSPS) is 11.5. The molecule has 1 aromatic heterocycles. The van der Waals surface area contributed by atoms with Crippen LogP contribution >= 0.6 is 11.8 Å². The molecule has 1 amide bonds. The summed E-state index contributed by atoms with van der Waals surface area (Å²) < 4.78 is 39.0. The van der Waals surface area contributed by atoms with Gasteiger partial charge < -0.3 is 5.32 Å². The van der Waals surface area contributed by atoms with Gasteiger partial charge in [0.15, 0.2) is 0 Å². The SMILES string of the molecule is O=C(CSc1nc(C(F)(F)F)nc2ccccc12)NCCc1ccccc1. The summed E-state index contributed by atoms with van der Waals surface area (Å²) in [7, 11) is 0. The van der Waals surface area contributed by atoms with Gasteiger partial charge in [0, 0.05) is 11.9 Å². The standard InChI is InChI=1S/C19H16F3N3OS/c20-19(21,22)18-24-15-9-5-4-8-14(15)17(25-18)27-12-16(26)23-11-10-13-6-2-1-3-7-13/h1-9H,10-12H2,(H,23,26). The van der Waals surface area contributed by atoms with Crippen molar-refractivity contribution in [2.24, 2.45) is 0 Å². The fourth-order valence-corrected chi connectivity index (χ4v) is 3.31. The van der Waals surface area contributed by atoms with E-state index in [1.54, 1.807) is 18.2 Å². The van der Waals surface area contributed by atoms with Crippen LogP contribution in [-0.2, 0) is 17.4 Å². The van der Waals surface area contributed by atoms with Gasteiger partial charge in [-0.2, -0.15) is 13.2 Å². The number of carbonyl (C=O) groups excluding carboxylic acids is 1. The second-order valence-corrected chi connectivity index (χ2v) is 6.71. The van der Waals surface area contributed by atoms with Crippen LogP contribution in [0.2, 0.25) is 0 Å². The van der Waals surface area contributed by atoms with E-state index in [1.165, 1.54) is 6.07 Å². The highest BCUT2D eigenvalue weighted by molar-refractivity contribution is 8.00. The molecule has 1 N–H and O–H groups in total. The minimum absolute atomic E-state index is 0.0207. The van der Waals surface area contributed by atoms with E-state index in [2.05, 4.69) is 15.3 Å². The molecule has 3 rings (SSSR count). The molecule has 8 heteroatoms. The fraction of sp³-hybridized carbons (Fsp3) is 0.211. The maximum atomic E-state index is 13.0. The quantitative estimate of drug-likeness (QED) is 0.508. The van der Waals surface area contributed by atoms with Gasteiger partial charge in [-0.3, -0.25) is 4.79 Å². The number of rotatable bonds is 6. The first kappa shape index (κ1) is 19.2. The molecule has 0 aliphatic heterocycles. The van der Waals surface area contributed by atoms with Gasteiger partial charge in [0.2, 0.25) is 11.7 Å². The Labute approximate surface area is 158 Å². The van der Waals surface area contributed by atoms with Crippen LogP contribution in [0.1, 0.15) is 11.4 Å². The molecule has 3 aromatic rings. The molecule has 27 heavy (non-hydrogen) atoms. The highest BCUT2D eigenvalue weighted by atomic mass is 32.2. The van der Waals surface area contributed by atoms with Gasteiger partial charge in [-0.15, -0.1) is 0 Å². The molecule has 0 radical (unpaired) electrons. The molecule has 0 saturated carbocycles. The smallest absolute Gasteiger partial charge is 0.355 e. The van der Waals surface area contributed by atoms with Crippen LogP contribution in [0, 0.1) is 0 Å². The van der Waals surface area contributed by atoms with Gasteiger partial charge in [-0.1, -0.05) is 60.3 Å². The minimum atomic E-state index is -4.64.